The number of amides is 1. The highest BCUT2D eigenvalue weighted by molar-refractivity contribution is 5.86. The largest absolute Gasteiger partial charge is 0.396 e. The molecule has 2 rings (SSSR count). The summed E-state index contributed by atoms with van der Waals surface area (Å²) in [6.07, 6.45) is 0.307. The van der Waals surface area contributed by atoms with Gasteiger partial charge in [0.1, 0.15) is 11.9 Å². The van der Waals surface area contributed by atoms with Crippen molar-refractivity contribution >= 4 is 11.6 Å². The Bertz CT molecular complexity index is 467. The molecule has 1 aromatic carbocycles. The molecule has 104 valence electrons. The molecule has 1 heterocycles. The van der Waals surface area contributed by atoms with E-state index in [4.69, 9.17) is 5.11 Å². The maximum Gasteiger partial charge on any atom is 0.245 e. The number of aliphatic hydroxyl groups is 1. The number of aliphatic hydroxyl groups excluding tert-OH is 1. The highest BCUT2D eigenvalue weighted by atomic mass is 19.1. The highest BCUT2D eigenvalue weighted by Gasteiger charge is 2.37. The molecule has 0 spiro atoms. The fourth-order valence-corrected chi connectivity index (χ4v) is 2.71. The number of rotatable bonds is 3. The van der Waals surface area contributed by atoms with E-state index in [-0.39, 0.29) is 24.4 Å². The van der Waals surface area contributed by atoms with Gasteiger partial charge >= 0.3 is 0 Å². The maximum atomic E-state index is 14.0. The number of carbonyl (C=O) groups is 1. The lowest BCUT2D eigenvalue weighted by atomic mass is 10.0. The SMILES string of the molecule is CC1CN(C)C(=O)C(CCO)N1c1ccccc1F. The molecular weight excluding hydrogens is 247 g/mol. The molecule has 2 unspecified atom stereocenters. The van der Waals surface area contributed by atoms with Crippen LogP contribution in [0.2, 0.25) is 0 Å². The fraction of sp³-hybridized carbons (Fsp3) is 0.500. The molecule has 4 nitrogen and oxygen atoms in total. The van der Waals surface area contributed by atoms with Crippen LogP contribution in [-0.2, 0) is 4.79 Å². The third kappa shape index (κ3) is 2.56. The molecule has 1 aromatic rings. The van der Waals surface area contributed by atoms with Gasteiger partial charge in [0.25, 0.3) is 0 Å². The smallest absolute Gasteiger partial charge is 0.245 e. The number of anilines is 1. The first-order chi connectivity index (χ1) is 9.06. The molecule has 5 heteroatoms. The van der Waals surface area contributed by atoms with Gasteiger partial charge in [-0.2, -0.15) is 0 Å². The molecule has 1 amide bonds. The number of nitrogens with zero attached hydrogens (tertiary/aromatic N) is 2. The second-order valence-corrected chi connectivity index (χ2v) is 4.95. The van der Waals surface area contributed by atoms with Crippen LogP contribution in [0.1, 0.15) is 13.3 Å². The summed E-state index contributed by atoms with van der Waals surface area (Å²) in [5.41, 5.74) is 0.426. The second kappa shape index (κ2) is 5.57. The minimum absolute atomic E-state index is 0.0103. The van der Waals surface area contributed by atoms with Gasteiger partial charge in [-0.1, -0.05) is 12.1 Å². The minimum Gasteiger partial charge on any atom is -0.396 e. The molecule has 2 atom stereocenters. The van der Waals surface area contributed by atoms with Crippen LogP contribution in [0.15, 0.2) is 24.3 Å². The van der Waals surface area contributed by atoms with Gasteiger partial charge in [0.2, 0.25) is 5.91 Å². The van der Waals surface area contributed by atoms with Crippen LogP contribution in [-0.4, -0.2) is 48.2 Å². The molecule has 0 radical (unpaired) electrons. The molecular formula is C14H19FN2O2. The zero-order chi connectivity index (χ0) is 14.0. The summed E-state index contributed by atoms with van der Waals surface area (Å²) in [6.45, 7) is 2.41. The highest BCUT2D eigenvalue weighted by Crippen LogP contribution is 2.28. The summed E-state index contributed by atoms with van der Waals surface area (Å²) < 4.78 is 14.0. The molecule has 1 N–H and O–H groups in total. The standard InChI is InChI=1S/C14H19FN2O2/c1-10-9-16(2)14(19)13(7-8-18)17(10)12-6-4-3-5-11(12)15/h3-6,10,13,18H,7-9H2,1-2H3. The van der Waals surface area contributed by atoms with E-state index in [0.717, 1.165) is 0 Å². The van der Waals surface area contributed by atoms with Gasteiger partial charge in [-0.25, -0.2) is 4.39 Å². The van der Waals surface area contributed by atoms with E-state index in [9.17, 15) is 9.18 Å². The van der Waals surface area contributed by atoms with E-state index in [2.05, 4.69) is 0 Å². The number of hydrogen-bond acceptors (Lipinski definition) is 3. The molecule has 0 aliphatic carbocycles. The number of halogens is 1. The quantitative estimate of drug-likeness (QED) is 0.895. The normalized spacial score (nSPS) is 23.9. The lowest BCUT2D eigenvalue weighted by Gasteiger charge is -2.45. The van der Waals surface area contributed by atoms with Crippen molar-refractivity contribution in [1.29, 1.82) is 0 Å². The van der Waals surface area contributed by atoms with E-state index < -0.39 is 6.04 Å². The van der Waals surface area contributed by atoms with Crippen molar-refractivity contribution in [2.75, 3.05) is 25.1 Å². The van der Waals surface area contributed by atoms with Gasteiger partial charge in [0, 0.05) is 26.2 Å². The number of hydrogen-bond donors (Lipinski definition) is 1. The van der Waals surface area contributed by atoms with E-state index in [1.807, 2.05) is 6.92 Å². The molecule has 0 bridgehead atoms. The van der Waals surface area contributed by atoms with Crippen molar-refractivity contribution in [1.82, 2.24) is 4.90 Å². The van der Waals surface area contributed by atoms with Crippen molar-refractivity contribution in [3.05, 3.63) is 30.1 Å². The van der Waals surface area contributed by atoms with Crippen LogP contribution in [0.4, 0.5) is 10.1 Å². The average molecular weight is 266 g/mol. The molecule has 0 saturated carbocycles. The third-order valence-electron chi connectivity index (χ3n) is 3.54. The Balaban J connectivity index is 2.39. The molecule has 1 saturated heterocycles. The Morgan fingerprint density at radius 1 is 1.42 bits per heavy atom. The van der Waals surface area contributed by atoms with Gasteiger partial charge in [-0.3, -0.25) is 4.79 Å². The lowest BCUT2D eigenvalue weighted by Crippen LogP contribution is -2.60. The van der Waals surface area contributed by atoms with Gasteiger partial charge in [0.05, 0.1) is 5.69 Å². The first kappa shape index (κ1) is 13.8. The average Bonchev–Trinajstić information content (AvgIpc) is 2.38. The Kier molecular flexibility index (Phi) is 4.04. The van der Waals surface area contributed by atoms with Crippen LogP contribution >= 0.6 is 0 Å². The van der Waals surface area contributed by atoms with Crippen molar-refractivity contribution < 1.29 is 14.3 Å². The van der Waals surface area contributed by atoms with Crippen molar-refractivity contribution in [3.63, 3.8) is 0 Å². The maximum absolute atomic E-state index is 14.0. The topological polar surface area (TPSA) is 43.8 Å². The van der Waals surface area contributed by atoms with Gasteiger partial charge in [-0.05, 0) is 25.5 Å². The molecule has 19 heavy (non-hydrogen) atoms. The van der Waals surface area contributed by atoms with E-state index in [1.54, 1.807) is 35.0 Å². The molecule has 1 aliphatic heterocycles. The number of piperazine rings is 1. The summed E-state index contributed by atoms with van der Waals surface area (Å²) in [7, 11) is 1.74. The predicted octanol–water partition coefficient (Wildman–Crippen LogP) is 1.24. The zero-order valence-electron chi connectivity index (χ0n) is 11.2. The summed E-state index contributed by atoms with van der Waals surface area (Å²) in [6, 6.07) is 5.95. The van der Waals surface area contributed by atoms with Crippen molar-refractivity contribution in [2.45, 2.75) is 25.4 Å². The summed E-state index contributed by atoms with van der Waals surface area (Å²) in [5.74, 6) is -0.412. The van der Waals surface area contributed by atoms with Gasteiger partial charge in [-0.15, -0.1) is 0 Å². The fourth-order valence-electron chi connectivity index (χ4n) is 2.71. The van der Waals surface area contributed by atoms with Crippen LogP contribution in [0.5, 0.6) is 0 Å². The summed E-state index contributed by atoms with van der Waals surface area (Å²) >= 11 is 0. The molecule has 0 aromatic heterocycles. The van der Waals surface area contributed by atoms with Crippen molar-refractivity contribution in [3.8, 4) is 0 Å². The van der Waals surface area contributed by atoms with Gasteiger partial charge in [0.15, 0.2) is 0 Å². The van der Waals surface area contributed by atoms with Crippen LogP contribution < -0.4 is 4.90 Å². The van der Waals surface area contributed by atoms with E-state index in [0.29, 0.717) is 18.7 Å². The van der Waals surface area contributed by atoms with Gasteiger partial charge < -0.3 is 14.9 Å². The first-order valence-electron chi connectivity index (χ1n) is 6.45. The van der Waals surface area contributed by atoms with Crippen LogP contribution in [0.3, 0.4) is 0 Å². The Morgan fingerprint density at radius 3 is 2.74 bits per heavy atom. The number of carbonyl (C=O) groups excluding carboxylic acids is 1. The minimum atomic E-state index is -0.504. The van der Waals surface area contributed by atoms with Crippen molar-refractivity contribution in [2.24, 2.45) is 0 Å². The van der Waals surface area contributed by atoms with Crippen LogP contribution in [0.25, 0.3) is 0 Å². The van der Waals surface area contributed by atoms with E-state index in [1.165, 1.54) is 6.07 Å². The Hall–Kier alpha value is -1.62. The molecule has 1 fully saturated rings. The number of likely N-dealkylation sites (N-methyl/N-ethyl adjacent to an activating group) is 1. The summed E-state index contributed by atoms with van der Waals surface area (Å²) in [4.78, 5) is 15.6. The monoisotopic (exact) mass is 266 g/mol. The summed E-state index contributed by atoms with van der Waals surface area (Å²) in [5, 5.41) is 9.15. The first-order valence-corrected chi connectivity index (χ1v) is 6.45. The second-order valence-electron chi connectivity index (χ2n) is 4.95. The predicted molar refractivity (Wildman–Crippen MR) is 71.5 cm³/mol. The Morgan fingerprint density at radius 2 is 2.11 bits per heavy atom. The number of para-hydroxylation sites is 1. The van der Waals surface area contributed by atoms with Crippen LogP contribution in [0, 0.1) is 5.82 Å². The third-order valence-corrected chi connectivity index (χ3v) is 3.54. The zero-order valence-corrected chi connectivity index (χ0v) is 11.2. The number of benzene rings is 1. The lowest BCUT2D eigenvalue weighted by molar-refractivity contribution is -0.134. The van der Waals surface area contributed by atoms with E-state index >= 15 is 0 Å². The molecule has 1 aliphatic rings. The Labute approximate surface area is 112 Å².